The first-order chi connectivity index (χ1) is 23.9. The molecule has 0 aliphatic heterocycles. The Balaban J connectivity index is 0.000000710. The normalized spacial score (nSPS) is 10.7. The van der Waals surface area contributed by atoms with Crippen molar-refractivity contribution >= 4 is 13.0 Å². The first-order valence-corrected chi connectivity index (χ1v) is 19.1. The molecule has 264 valence electrons. The van der Waals surface area contributed by atoms with Crippen LogP contribution in [0, 0.1) is 6.07 Å². The van der Waals surface area contributed by atoms with Gasteiger partial charge in [-0.15, -0.1) is 0 Å². The number of benzene rings is 4. The number of hydrogen-bond acceptors (Lipinski definition) is 3. The third-order valence-corrected chi connectivity index (χ3v) is 9.24. The van der Waals surface area contributed by atoms with Gasteiger partial charge in [0.15, 0.2) is 11.4 Å². The quantitative estimate of drug-likeness (QED) is 0.0802. The Hall–Kier alpha value is -3.70. The summed E-state index contributed by atoms with van der Waals surface area (Å²) in [6.07, 6.45) is 14.0. The maximum absolute atomic E-state index is 6.83. The Labute approximate surface area is 299 Å². The Morgan fingerprint density at radius 1 is 0.490 bits per heavy atom. The Kier molecular flexibility index (Phi) is 17.9. The Morgan fingerprint density at radius 3 is 1.33 bits per heavy atom. The summed E-state index contributed by atoms with van der Waals surface area (Å²) in [6, 6.07) is 27.4. The molecule has 0 radical (unpaired) electrons. The highest BCUT2D eigenvalue weighted by atomic mass is 16.7. The second-order valence-corrected chi connectivity index (χ2v) is 12.8. The van der Waals surface area contributed by atoms with Crippen LogP contribution < -0.4 is 19.7 Å². The van der Waals surface area contributed by atoms with Crippen LogP contribution in [-0.4, -0.2) is 7.32 Å². The highest BCUT2D eigenvalue weighted by Crippen LogP contribution is 2.39. The van der Waals surface area contributed by atoms with Gasteiger partial charge in [-0.25, -0.2) is 0 Å². The molecule has 4 aromatic carbocycles. The predicted molar refractivity (Wildman–Crippen MR) is 208 cm³/mol. The average molecular weight is 664 g/mol. The van der Waals surface area contributed by atoms with Crippen LogP contribution in [0.15, 0.2) is 72.8 Å². The van der Waals surface area contributed by atoms with E-state index in [4.69, 9.17) is 14.0 Å². The predicted octanol–water partition coefficient (Wildman–Crippen LogP) is 10.8. The molecular weight excluding hydrogens is 601 g/mol. The number of quaternary nitrogens is 1. The summed E-state index contributed by atoms with van der Waals surface area (Å²) in [6.45, 7) is 15.5. The molecule has 0 bridgehead atoms. The number of aryl methyl sites for hydroxylation is 3. The van der Waals surface area contributed by atoms with Gasteiger partial charge in [-0.1, -0.05) is 98.4 Å². The third kappa shape index (κ3) is 12.3. The molecule has 0 saturated heterocycles. The molecule has 4 rings (SSSR count). The van der Waals surface area contributed by atoms with Crippen LogP contribution in [-0.2, 0) is 44.9 Å². The van der Waals surface area contributed by atoms with E-state index in [2.05, 4.69) is 96.7 Å². The molecule has 3 N–H and O–H groups in total. The van der Waals surface area contributed by atoms with E-state index in [0.717, 1.165) is 93.6 Å². The van der Waals surface area contributed by atoms with Crippen LogP contribution in [0.4, 0.5) is 5.69 Å². The lowest BCUT2D eigenvalue weighted by Gasteiger charge is -2.25. The zero-order valence-corrected chi connectivity index (χ0v) is 31.6. The van der Waals surface area contributed by atoms with Gasteiger partial charge in [0, 0.05) is 11.1 Å². The fourth-order valence-corrected chi connectivity index (χ4v) is 6.16. The fourth-order valence-electron chi connectivity index (χ4n) is 6.16. The highest BCUT2D eigenvalue weighted by Gasteiger charge is 2.35. The van der Waals surface area contributed by atoms with Crippen LogP contribution in [0.1, 0.15) is 126 Å². The highest BCUT2D eigenvalue weighted by molar-refractivity contribution is 6.39. The van der Waals surface area contributed by atoms with Crippen LogP contribution in [0.5, 0.6) is 17.2 Å². The minimum atomic E-state index is -0.943. The zero-order valence-electron chi connectivity index (χ0n) is 31.6. The topological polar surface area (TPSA) is 55.3 Å². The van der Waals surface area contributed by atoms with Gasteiger partial charge >= 0.3 is 7.32 Å². The van der Waals surface area contributed by atoms with Crippen LogP contribution in [0.25, 0.3) is 0 Å². The van der Waals surface area contributed by atoms with Crippen molar-refractivity contribution in [2.75, 3.05) is 0 Å². The molecule has 0 aliphatic carbocycles. The molecule has 5 heteroatoms. The molecule has 0 atom stereocenters. The van der Waals surface area contributed by atoms with Crippen molar-refractivity contribution in [2.24, 2.45) is 0 Å². The van der Waals surface area contributed by atoms with Crippen LogP contribution in [0.3, 0.4) is 0 Å². The molecule has 4 aromatic rings. The van der Waals surface area contributed by atoms with Crippen molar-refractivity contribution in [2.45, 2.75) is 132 Å². The Bertz CT molecular complexity index is 1440. The van der Waals surface area contributed by atoms with E-state index in [0.29, 0.717) is 0 Å². The number of unbranched alkanes of at least 4 members (excludes halogenated alkanes) is 3. The summed E-state index contributed by atoms with van der Waals surface area (Å²) in [4.78, 5) is 0. The van der Waals surface area contributed by atoms with Crippen molar-refractivity contribution < 1.29 is 19.7 Å². The van der Waals surface area contributed by atoms with E-state index >= 15 is 0 Å². The SMILES string of the molecule is CCCCc1c([NH3+])c(OB(Oc2ccc(CC)cc2)Oc2ccc(CC)cc2)c(CCCC)c(CCCC)c1CC.CCc1cc[c-]cc1. The van der Waals surface area contributed by atoms with E-state index < -0.39 is 7.32 Å². The molecule has 0 saturated carbocycles. The summed E-state index contributed by atoms with van der Waals surface area (Å²) < 4.78 is 19.7. The summed E-state index contributed by atoms with van der Waals surface area (Å²) in [5, 5.41) is 0. The summed E-state index contributed by atoms with van der Waals surface area (Å²) in [7, 11) is -0.943. The molecule has 0 amide bonds. The van der Waals surface area contributed by atoms with Gasteiger partial charge in [0.2, 0.25) is 0 Å². The maximum Gasteiger partial charge on any atom is 0.864 e. The van der Waals surface area contributed by atoms with E-state index in [1.165, 1.54) is 51.8 Å². The van der Waals surface area contributed by atoms with Gasteiger partial charge in [-0.05, 0) is 104 Å². The minimum absolute atomic E-state index is 0.723. The molecule has 0 heterocycles. The Morgan fingerprint density at radius 2 is 0.918 bits per heavy atom. The van der Waals surface area contributed by atoms with Gasteiger partial charge in [0.05, 0.1) is 0 Å². The minimum Gasteiger partial charge on any atom is -0.490 e. The van der Waals surface area contributed by atoms with Gasteiger partial charge < -0.3 is 19.7 Å². The zero-order chi connectivity index (χ0) is 35.4. The lowest BCUT2D eigenvalue weighted by Crippen LogP contribution is -2.45. The van der Waals surface area contributed by atoms with Gasteiger partial charge in [-0.3, -0.25) is 0 Å². The van der Waals surface area contributed by atoms with Crippen molar-refractivity contribution in [3.63, 3.8) is 0 Å². The molecule has 0 aromatic heterocycles. The lowest BCUT2D eigenvalue weighted by atomic mass is 9.85. The van der Waals surface area contributed by atoms with Crippen molar-refractivity contribution in [1.82, 2.24) is 0 Å². The summed E-state index contributed by atoms with van der Waals surface area (Å²) >= 11 is 0. The van der Waals surface area contributed by atoms with Crippen LogP contribution in [0.2, 0.25) is 0 Å². The lowest BCUT2D eigenvalue weighted by molar-refractivity contribution is -0.257. The molecule has 49 heavy (non-hydrogen) atoms. The van der Waals surface area contributed by atoms with Gasteiger partial charge in [-0.2, -0.15) is 35.9 Å². The van der Waals surface area contributed by atoms with E-state index in [1.807, 2.05) is 36.4 Å². The van der Waals surface area contributed by atoms with Crippen molar-refractivity contribution in [1.29, 1.82) is 0 Å². The standard InChI is InChI=1S/C36H52BNO3.C8H9/c1-7-13-16-32-31(12-6)33(17-14-8-2)35(38)36(34(32)18-15-9-3)41-37(39-29-23-19-27(10-4)20-24-29)40-30-25-21-28(11-5)22-26-30;1-2-8-6-4-3-5-7-8/h19-26H,7-18,38H2,1-6H3;4-7H,2H2,1H3/q;-1/p+1. The second-order valence-electron chi connectivity index (χ2n) is 12.8. The first-order valence-electron chi connectivity index (χ1n) is 19.1. The monoisotopic (exact) mass is 663 g/mol. The maximum atomic E-state index is 6.83. The number of rotatable bonds is 19. The summed E-state index contributed by atoms with van der Waals surface area (Å²) in [5.74, 6) is 2.30. The fraction of sp³-hybridized carbons (Fsp3) is 0.455. The molecule has 0 fully saturated rings. The third-order valence-electron chi connectivity index (χ3n) is 9.24. The van der Waals surface area contributed by atoms with E-state index in [1.54, 1.807) is 0 Å². The van der Waals surface area contributed by atoms with E-state index in [-0.39, 0.29) is 0 Å². The van der Waals surface area contributed by atoms with Gasteiger partial charge in [0.25, 0.3) is 0 Å². The second kappa shape index (κ2) is 22.1. The first kappa shape index (κ1) is 39.7. The van der Waals surface area contributed by atoms with Crippen molar-refractivity contribution in [3.8, 4) is 17.2 Å². The van der Waals surface area contributed by atoms with E-state index in [9.17, 15) is 0 Å². The molecule has 0 unspecified atom stereocenters. The smallest absolute Gasteiger partial charge is 0.490 e. The molecule has 0 aliphatic rings. The average Bonchev–Trinajstić information content (AvgIpc) is 3.15. The molecule has 4 nitrogen and oxygen atoms in total. The molecular formula is C44H62BNO3. The summed E-state index contributed by atoms with van der Waals surface area (Å²) in [5.41, 5.74) is 15.2. The van der Waals surface area contributed by atoms with Crippen LogP contribution >= 0.6 is 0 Å². The van der Waals surface area contributed by atoms with Crippen molar-refractivity contribution in [3.05, 3.63) is 118 Å². The van der Waals surface area contributed by atoms with Gasteiger partial charge in [0.1, 0.15) is 11.5 Å². The largest absolute Gasteiger partial charge is 0.864 e. The molecule has 0 spiro atoms. The number of hydrogen-bond donors (Lipinski definition) is 1.